The van der Waals surface area contributed by atoms with Crippen LogP contribution in [0.1, 0.15) is 189 Å². The van der Waals surface area contributed by atoms with Crippen molar-refractivity contribution in [1.82, 2.24) is 45.8 Å². The maximum absolute atomic E-state index is 14.0. The predicted octanol–water partition coefficient (Wildman–Crippen LogP) is 7.24. The molecule has 3 aromatic rings. The molecule has 478 valence electrons. The molecule has 7 N–H and O–H groups in total. The van der Waals surface area contributed by atoms with Gasteiger partial charge in [-0.15, -0.1) is 10.2 Å². The fourth-order valence-electron chi connectivity index (χ4n) is 14.8. The van der Waals surface area contributed by atoms with Gasteiger partial charge in [-0.25, -0.2) is 8.78 Å². The Morgan fingerprint density at radius 1 is 0.782 bits per heavy atom. The number of ether oxygens (including phenoxy) is 3. The summed E-state index contributed by atoms with van der Waals surface area (Å²) in [6, 6.07) is 11.2. The number of alkyl halides is 2. The summed E-state index contributed by atoms with van der Waals surface area (Å²) < 4.78 is 47.9. The molecule has 20 nitrogen and oxygen atoms in total. The fraction of sp³-hybridized carbons (Fsp3) is 0.708. The average molecular weight is 1210 g/mol. The molecule has 0 radical (unpaired) electrons. The number of rotatable bonds is 28. The lowest BCUT2D eigenvalue weighted by Crippen LogP contribution is -2.62. The van der Waals surface area contributed by atoms with Crippen molar-refractivity contribution in [3.8, 4) is 11.5 Å². The molecular weight excluding hydrogens is 1120 g/mol. The SMILES string of the molecule is Cc1nnc(C(C)C)n1C1CC2CCC(C1)N2CC[C@H](NC(=O)C1CCC(F)(F)CC1)c1ccc(NC(=O)COCC(=O)NCCCCCCCNC(=O)COCC(=O)N[C@@H]2CC[C@]3(O)C[C@H]2Oc2c(O)ccc4c2CCCN(CC2CC2)[C@@H]3C4)cc1. The molecule has 2 saturated heterocycles. The third-order valence-corrected chi connectivity index (χ3v) is 19.6. The van der Waals surface area contributed by atoms with E-state index in [1.165, 1.54) is 12.8 Å². The summed E-state index contributed by atoms with van der Waals surface area (Å²) in [4.78, 5) is 69.8. The standard InChI is InChI=1S/C65H94F2N10O10/c1-41(2)62-74-73-42(3)77(62)50-33-48-18-19-49(34-50)76(48)31-24-52(72-63(83)45-21-26-65(66,67)27-22-45)44-13-16-47(17-14-44)70-59(81)39-85-37-57(79)68-28-7-5-4-6-8-29-69-58(80)38-86-40-60(82)71-53-23-25-64(84)35-55(53)87-61-51-10-9-30-75(36-43-11-12-43)56(64)32-46(51)15-20-54(61)78/h13-17,20,41,43,45,48-50,52-53,55-56,78,84H,4-12,18-19,21-40H2,1-3H3,(H,68,79)(H,69,80)(H,70,81)(H,71,82)(H,72,83)/t48?,49?,50?,52-,53+,55+,56+,64-/m0/s1. The number of nitrogens with zero attached hydrogens (tertiary/aromatic N) is 5. The summed E-state index contributed by atoms with van der Waals surface area (Å²) in [6.07, 6.45) is 14.3. The molecule has 7 atom stereocenters. The van der Waals surface area contributed by atoms with Gasteiger partial charge in [-0.2, -0.15) is 0 Å². The number of nitrogens with one attached hydrogen (secondary N) is 5. The van der Waals surface area contributed by atoms with E-state index in [2.05, 4.69) is 65.0 Å². The number of halogens is 2. The highest BCUT2D eigenvalue weighted by Crippen LogP contribution is 2.47. The summed E-state index contributed by atoms with van der Waals surface area (Å²) >= 11 is 0. The van der Waals surface area contributed by atoms with Crippen LogP contribution in [0.25, 0.3) is 0 Å². The van der Waals surface area contributed by atoms with Crippen LogP contribution in [0.4, 0.5) is 14.5 Å². The van der Waals surface area contributed by atoms with Crippen LogP contribution in [0.3, 0.4) is 0 Å². The third kappa shape index (κ3) is 16.9. The van der Waals surface area contributed by atoms with Gasteiger partial charge in [-0.1, -0.05) is 51.3 Å². The van der Waals surface area contributed by atoms with Gasteiger partial charge < -0.3 is 55.6 Å². The summed E-state index contributed by atoms with van der Waals surface area (Å²) in [5.74, 6) is -1.42. The predicted molar refractivity (Wildman–Crippen MR) is 322 cm³/mol. The number of aromatic hydroxyl groups is 1. The highest BCUT2D eigenvalue weighted by molar-refractivity contribution is 5.92. The van der Waals surface area contributed by atoms with Crippen molar-refractivity contribution in [3.63, 3.8) is 0 Å². The lowest BCUT2D eigenvalue weighted by atomic mass is 9.73. The first-order valence-electron chi connectivity index (χ1n) is 32.6. The van der Waals surface area contributed by atoms with E-state index in [-0.39, 0.29) is 99.5 Å². The summed E-state index contributed by atoms with van der Waals surface area (Å²) in [5.41, 5.74) is 2.46. The first kappa shape index (κ1) is 64.2. The van der Waals surface area contributed by atoms with Gasteiger partial charge in [0.05, 0.1) is 17.7 Å². The Morgan fingerprint density at radius 3 is 2.10 bits per heavy atom. The summed E-state index contributed by atoms with van der Waals surface area (Å²) in [7, 11) is 0. The molecule has 10 rings (SSSR count). The van der Waals surface area contributed by atoms with Gasteiger partial charge in [0.15, 0.2) is 11.5 Å². The van der Waals surface area contributed by atoms with Crippen LogP contribution in [0.15, 0.2) is 36.4 Å². The van der Waals surface area contributed by atoms with Crippen molar-refractivity contribution in [2.45, 2.75) is 222 Å². The van der Waals surface area contributed by atoms with E-state index < -0.39 is 35.5 Å². The van der Waals surface area contributed by atoms with Gasteiger partial charge in [0.1, 0.15) is 44.2 Å². The Kier molecular flexibility index (Phi) is 21.6. The zero-order valence-corrected chi connectivity index (χ0v) is 51.3. The fourth-order valence-corrected chi connectivity index (χ4v) is 14.8. The number of hydrogen-bond donors (Lipinski definition) is 7. The number of aryl methyl sites for hydroxylation is 1. The number of carbonyl (C=O) groups is 5. The van der Waals surface area contributed by atoms with E-state index >= 15 is 0 Å². The zero-order valence-electron chi connectivity index (χ0n) is 51.3. The number of phenols is 1. The average Bonchev–Trinajstić information content (AvgIpc) is 2.09. The Labute approximate surface area is 510 Å². The molecule has 3 aliphatic carbocycles. The normalized spacial score (nSPS) is 25.7. The molecule has 2 aromatic carbocycles. The molecule has 2 unspecified atom stereocenters. The monoisotopic (exact) mass is 1210 g/mol. The Hall–Kier alpha value is -5.81. The Morgan fingerprint density at radius 2 is 1.44 bits per heavy atom. The number of aromatic nitrogens is 3. The van der Waals surface area contributed by atoms with E-state index in [0.29, 0.717) is 80.7 Å². The van der Waals surface area contributed by atoms with Gasteiger partial charge in [0.2, 0.25) is 35.5 Å². The molecule has 7 aliphatic rings. The highest BCUT2D eigenvalue weighted by Gasteiger charge is 2.51. The van der Waals surface area contributed by atoms with Gasteiger partial charge in [-0.3, -0.25) is 33.8 Å². The van der Waals surface area contributed by atoms with E-state index in [1.54, 1.807) is 18.2 Å². The minimum absolute atomic E-state index is 0.0689. The summed E-state index contributed by atoms with van der Waals surface area (Å²) in [6.45, 7) is 8.70. The Bertz CT molecular complexity index is 2830. The van der Waals surface area contributed by atoms with Crippen LogP contribution in [0.2, 0.25) is 0 Å². The lowest BCUT2D eigenvalue weighted by molar-refractivity contribution is -0.135. The van der Waals surface area contributed by atoms with E-state index in [9.17, 15) is 43.0 Å². The van der Waals surface area contributed by atoms with Gasteiger partial charge in [0, 0.05) is 92.7 Å². The van der Waals surface area contributed by atoms with E-state index in [1.807, 2.05) is 25.1 Å². The van der Waals surface area contributed by atoms with Crippen LogP contribution >= 0.6 is 0 Å². The lowest BCUT2D eigenvalue weighted by Gasteiger charge is -2.48. The zero-order chi connectivity index (χ0) is 61.2. The third-order valence-electron chi connectivity index (χ3n) is 19.6. The number of fused-ring (bicyclic) bond motifs is 6. The van der Waals surface area contributed by atoms with Crippen molar-refractivity contribution in [2.75, 3.05) is 64.5 Å². The minimum Gasteiger partial charge on any atom is -0.504 e. The molecule has 1 aromatic heterocycles. The molecule has 5 amide bonds. The molecule has 87 heavy (non-hydrogen) atoms. The number of amides is 5. The maximum atomic E-state index is 14.0. The van der Waals surface area contributed by atoms with Crippen LogP contribution < -0.4 is 31.3 Å². The number of phenolic OH excluding ortho intramolecular Hbond substituents is 1. The van der Waals surface area contributed by atoms with Gasteiger partial charge >= 0.3 is 0 Å². The van der Waals surface area contributed by atoms with Gasteiger partial charge in [-0.05, 0) is 151 Å². The van der Waals surface area contributed by atoms with Crippen molar-refractivity contribution >= 4 is 35.2 Å². The van der Waals surface area contributed by atoms with E-state index in [0.717, 1.165) is 119 Å². The minimum atomic E-state index is -2.73. The number of piperidine rings is 1. The number of anilines is 1. The quantitative estimate of drug-likeness (QED) is 0.0354. The molecule has 8 bridgehead atoms. The van der Waals surface area contributed by atoms with Crippen LogP contribution in [-0.2, 0) is 46.3 Å². The smallest absolute Gasteiger partial charge is 0.250 e. The number of carbonyl (C=O) groups excluding carboxylic acids is 5. The largest absolute Gasteiger partial charge is 0.504 e. The first-order chi connectivity index (χ1) is 41.9. The van der Waals surface area contributed by atoms with E-state index in [4.69, 9.17) is 14.2 Å². The number of aliphatic hydroxyl groups is 1. The molecule has 0 spiro atoms. The molecule has 3 saturated carbocycles. The topological polar surface area (TPSA) is 251 Å². The number of benzene rings is 2. The maximum Gasteiger partial charge on any atom is 0.250 e. The van der Waals surface area contributed by atoms with Crippen molar-refractivity contribution in [1.29, 1.82) is 0 Å². The van der Waals surface area contributed by atoms with Crippen molar-refractivity contribution in [3.05, 3.63) is 64.7 Å². The van der Waals surface area contributed by atoms with Crippen LogP contribution in [0.5, 0.6) is 11.5 Å². The molecule has 4 aliphatic heterocycles. The highest BCUT2D eigenvalue weighted by atomic mass is 19.3. The van der Waals surface area contributed by atoms with Gasteiger partial charge in [0.25, 0.3) is 0 Å². The second-order valence-corrected chi connectivity index (χ2v) is 26.5. The summed E-state index contributed by atoms with van der Waals surface area (Å²) in [5, 5.41) is 47.0. The molecule has 5 heterocycles. The Balaban J connectivity index is 0.576. The number of hydrogen-bond acceptors (Lipinski definition) is 14. The second kappa shape index (κ2) is 29.2. The van der Waals surface area contributed by atoms with Crippen molar-refractivity contribution in [2.24, 2.45) is 11.8 Å². The second-order valence-electron chi connectivity index (χ2n) is 26.5. The number of unbranched alkanes of at least 4 members (excludes halogenated alkanes) is 4. The molecular formula is C65H94F2N10O10. The van der Waals surface area contributed by atoms with Crippen LogP contribution in [-0.4, -0.2) is 165 Å². The first-order valence-corrected chi connectivity index (χ1v) is 32.6. The van der Waals surface area contributed by atoms with Crippen LogP contribution in [0, 0.1) is 18.8 Å². The molecule has 22 heteroatoms. The molecule has 5 fully saturated rings. The van der Waals surface area contributed by atoms with Crippen molar-refractivity contribution < 1.29 is 57.2 Å².